The van der Waals surface area contributed by atoms with Crippen molar-refractivity contribution in [2.75, 3.05) is 11.9 Å². The second-order valence-electron chi connectivity index (χ2n) is 5.47. The number of primary amides is 1. The quantitative estimate of drug-likeness (QED) is 0.753. The van der Waals surface area contributed by atoms with Crippen LogP contribution >= 0.6 is 0 Å². The highest BCUT2D eigenvalue weighted by Gasteiger charge is 2.16. The normalized spacial score (nSPS) is 11.3. The van der Waals surface area contributed by atoms with Gasteiger partial charge in [-0.25, -0.2) is 4.98 Å². The zero-order chi connectivity index (χ0) is 14.5. The molecule has 1 aromatic heterocycles. The number of unbranched alkanes of at least 4 members (excludes halogenated alkanes) is 1. The molecule has 0 aliphatic rings. The zero-order valence-corrected chi connectivity index (χ0v) is 11.8. The van der Waals surface area contributed by atoms with Gasteiger partial charge in [0, 0.05) is 30.9 Å². The van der Waals surface area contributed by atoms with Gasteiger partial charge in [-0.3, -0.25) is 9.59 Å². The molecule has 0 unspecified atom stereocenters. The van der Waals surface area contributed by atoms with Crippen LogP contribution < -0.4 is 16.6 Å². The van der Waals surface area contributed by atoms with Crippen LogP contribution in [-0.4, -0.2) is 22.0 Å². The number of hydrogen-bond acceptors (Lipinski definition) is 4. The fourth-order valence-electron chi connectivity index (χ4n) is 1.69. The van der Waals surface area contributed by atoms with Gasteiger partial charge in [0.1, 0.15) is 0 Å². The molecule has 6 heteroatoms. The van der Waals surface area contributed by atoms with E-state index >= 15 is 0 Å². The predicted octanol–water partition coefficient (Wildman–Crippen LogP) is 1.07. The third-order valence-electron chi connectivity index (χ3n) is 2.71. The number of nitrogens with zero attached hydrogens (tertiary/aromatic N) is 2. The van der Waals surface area contributed by atoms with E-state index in [0.29, 0.717) is 25.2 Å². The number of amides is 1. The Morgan fingerprint density at radius 3 is 2.68 bits per heavy atom. The number of carbonyl (C=O) groups is 1. The standard InChI is InChI=1S/C13H22N4O2/c1-13(2,3)17-9-8-16-11(12(17)19)15-7-5-4-6-10(14)18/h8-9H,4-7H2,1-3H3,(H2,14,18)(H,15,16). The summed E-state index contributed by atoms with van der Waals surface area (Å²) in [5, 5.41) is 3.00. The lowest BCUT2D eigenvalue weighted by Crippen LogP contribution is -2.35. The average molecular weight is 266 g/mol. The summed E-state index contributed by atoms with van der Waals surface area (Å²) in [4.78, 5) is 26.8. The fourth-order valence-corrected chi connectivity index (χ4v) is 1.69. The smallest absolute Gasteiger partial charge is 0.293 e. The number of nitrogens with one attached hydrogen (secondary N) is 1. The van der Waals surface area contributed by atoms with Crippen LogP contribution in [0.1, 0.15) is 40.0 Å². The molecule has 1 rings (SSSR count). The number of carbonyl (C=O) groups excluding carboxylic acids is 1. The lowest BCUT2D eigenvalue weighted by atomic mass is 10.1. The van der Waals surface area contributed by atoms with Gasteiger partial charge in [-0.05, 0) is 33.6 Å². The van der Waals surface area contributed by atoms with E-state index in [0.717, 1.165) is 6.42 Å². The second-order valence-corrected chi connectivity index (χ2v) is 5.47. The van der Waals surface area contributed by atoms with E-state index in [9.17, 15) is 9.59 Å². The van der Waals surface area contributed by atoms with Crippen molar-refractivity contribution in [3.63, 3.8) is 0 Å². The van der Waals surface area contributed by atoms with E-state index in [1.807, 2.05) is 20.8 Å². The minimum absolute atomic E-state index is 0.134. The highest BCUT2D eigenvalue weighted by Crippen LogP contribution is 2.10. The van der Waals surface area contributed by atoms with Crippen LogP contribution in [0.5, 0.6) is 0 Å². The van der Waals surface area contributed by atoms with Gasteiger partial charge >= 0.3 is 0 Å². The van der Waals surface area contributed by atoms with Gasteiger partial charge in [0.2, 0.25) is 5.91 Å². The molecule has 0 saturated carbocycles. The molecular weight excluding hydrogens is 244 g/mol. The third kappa shape index (κ3) is 4.73. The molecule has 0 spiro atoms. The molecule has 0 aromatic carbocycles. The van der Waals surface area contributed by atoms with Gasteiger partial charge in [-0.1, -0.05) is 0 Å². The Hall–Kier alpha value is -1.85. The molecule has 0 atom stereocenters. The summed E-state index contributed by atoms with van der Waals surface area (Å²) in [6, 6.07) is 0. The minimum Gasteiger partial charge on any atom is -0.370 e. The van der Waals surface area contributed by atoms with Crippen molar-refractivity contribution in [3.8, 4) is 0 Å². The molecular formula is C13H22N4O2. The Morgan fingerprint density at radius 1 is 1.42 bits per heavy atom. The SMILES string of the molecule is CC(C)(C)n1ccnc(NCCCCC(N)=O)c1=O. The van der Waals surface area contributed by atoms with E-state index in [-0.39, 0.29) is 17.0 Å². The summed E-state index contributed by atoms with van der Waals surface area (Å²) in [5.41, 5.74) is 4.64. The van der Waals surface area contributed by atoms with Crippen molar-refractivity contribution < 1.29 is 4.79 Å². The third-order valence-corrected chi connectivity index (χ3v) is 2.71. The van der Waals surface area contributed by atoms with Gasteiger partial charge in [0.15, 0.2) is 5.82 Å². The van der Waals surface area contributed by atoms with E-state index < -0.39 is 0 Å². The first kappa shape index (κ1) is 15.2. The molecule has 3 N–H and O–H groups in total. The average Bonchev–Trinajstić information content (AvgIpc) is 2.28. The number of nitrogens with two attached hydrogens (primary N) is 1. The molecule has 19 heavy (non-hydrogen) atoms. The predicted molar refractivity (Wildman–Crippen MR) is 75.0 cm³/mol. The van der Waals surface area contributed by atoms with Crippen molar-refractivity contribution >= 4 is 11.7 Å². The van der Waals surface area contributed by atoms with Crippen LogP contribution in [0, 0.1) is 0 Å². The van der Waals surface area contributed by atoms with E-state index in [2.05, 4.69) is 10.3 Å². The van der Waals surface area contributed by atoms with Crippen molar-refractivity contribution in [2.45, 2.75) is 45.6 Å². The van der Waals surface area contributed by atoms with Gasteiger partial charge < -0.3 is 15.6 Å². The van der Waals surface area contributed by atoms with Crippen LogP contribution in [0.4, 0.5) is 5.82 Å². The van der Waals surface area contributed by atoms with Crippen molar-refractivity contribution in [3.05, 3.63) is 22.7 Å². The molecule has 6 nitrogen and oxygen atoms in total. The maximum atomic E-state index is 12.2. The fraction of sp³-hybridized carbons (Fsp3) is 0.615. The van der Waals surface area contributed by atoms with Crippen molar-refractivity contribution in [1.29, 1.82) is 0 Å². The highest BCUT2D eigenvalue weighted by molar-refractivity contribution is 5.73. The summed E-state index contributed by atoms with van der Waals surface area (Å²) >= 11 is 0. The molecule has 0 saturated heterocycles. The summed E-state index contributed by atoms with van der Waals surface area (Å²) in [7, 11) is 0. The first-order valence-corrected chi connectivity index (χ1v) is 6.42. The number of anilines is 1. The Labute approximate surface area is 113 Å². The molecule has 0 bridgehead atoms. The van der Waals surface area contributed by atoms with E-state index in [1.54, 1.807) is 17.0 Å². The summed E-state index contributed by atoms with van der Waals surface area (Å²) in [5.74, 6) is 0.0458. The highest BCUT2D eigenvalue weighted by atomic mass is 16.1. The number of hydrogen-bond donors (Lipinski definition) is 2. The molecule has 1 amide bonds. The molecule has 0 radical (unpaired) electrons. The molecule has 0 aliphatic heterocycles. The van der Waals surface area contributed by atoms with Gasteiger partial charge in [-0.15, -0.1) is 0 Å². The van der Waals surface area contributed by atoms with Crippen LogP contribution in [0.3, 0.4) is 0 Å². The lowest BCUT2D eigenvalue weighted by molar-refractivity contribution is -0.118. The Kier molecular flexibility index (Phi) is 5.09. The summed E-state index contributed by atoms with van der Waals surface area (Å²) in [6.45, 7) is 6.49. The molecule has 0 aliphatic carbocycles. The van der Waals surface area contributed by atoms with E-state index in [1.165, 1.54) is 0 Å². The first-order valence-electron chi connectivity index (χ1n) is 6.42. The lowest BCUT2D eigenvalue weighted by Gasteiger charge is -2.22. The second kappa shape index (κ2) is 6.36. The largest absolute Gasteiger partial charge is 0.370 e. The maximum absolute atomic E-state index is 12.2. The zero-order valence-electron chi connectivity index (χ0n) is 11.8. The van der Waals surface area contributed by atoms with Crippen LogP contribution in [0.25, 0.3) is 0 Å². The van der Waals surface area contributed by atoms with E-state index in [4.69, 9.17) is 5.73 Å². The van der Waals surface area contributed by atoms with Crippen LogP contribution in [-0.2, 0) is 10.3 Å². The van der Waals surface area contributed by atoms with Gasteiger partial charge in [0.05, 0.1) is 0 Å². The Balaban J connectivity index is 2.60. The Morgan fingerprint density at radius 2 is 2.11 bits per heavy atom. The van der Waals surface area contributed by atoms with Gasteiger partial charge in [-0.2, -0.15) is 0 Å². The van der Waals surface area contributed by atoms with Crippen LogP contribution in [0.2, 0.25) is 0 Å². The monoisotopic (exact) mass is 266 g/mol. The Bertz CT molecular complexity index is 488. The molecule has 106 valence electrons. The summed E-state index contributed by atoms with van der Waals surface area (Å²) < 4.78 is 1.64. The number of rotatable bonds is 6. The first-order chi connectivity index (χ1) is 8.82. The van der Waals surface area contributed by atoms with Gasteiger partial charge in [0.25, 0.3) is 5.56 Å². The van der Waals surface area contributed by atoms with Crippen LogP contribution in [0.15, 0.2) is 17.2 Å². The molecule has 0 fully saturated rings. The number of aromatic nitrogens is 2. The summed E-state index contributed by atoms with van der Waals surface area (Å²) in [6.07, 6.45) is 5.15. The minimum atomic E-state index is -0.298. The van der Waals surface area contributed by atoms with Crippen molar-refractivity contribution in [1.82, 2.24) is 9.55 Å². The molecule has 1 heterocycles. The van der Waals surface area contributed by atoms with Crippen molar-refractivity contribution in [2.24, 2.45) is 5.73 Å². The molecule has 1 aromatic rings. The maximum Gasteiger partial charge on any atom is 0.293 e. The topological polar surface area (TPSA) is 90.0 Å².